The second kappa shape index (κ2) is 5.26. The van der Waals surface area contributed by atoms with Gasteiger partial charge in [-0.15, -0.1) is 0 Å². The fourth-order valence-corrected chi connectivity index (χ4v) is 2.02. The van der Waals surface area contributed by atoms with Crippen LogP contribution in [-0.4, -0.2) is 35.1 Å². The molecule has 0 spiro atoms. The van der Waals surface area contributed by atoms with Gasteiger partial charge in [-0.1, -0.05) is 5.16 Å². The third kappa shape index (κ3) is 3.02. The Kier molecular flexibility index (Phi) is 3.72. The number of nitrogen functional groups attached to an aromatic ring is 1. The van der Waals surface area contributed by atoms with E-state index in [1.54, 1.807) is 6.07 Å². The van der Waals surface area contributed by atoms with Gasteiger partial charge < -0.3 is 10.3 Å². The lowest BCUT2D eigenvalue weighted by Crippen LogP contribution is -2.42. The molecule has 17 heavy (non-hydrogen) atoms. The molecule has 7 heteroatoms. The molecule has 0 bridgehead atoms. The third-order valence-electron chi connectivity index (χ3n) is 2.84. The van der Waals surface area contributed by atoms with E-state index in [1.165, 1.54) is 0 Å². The first-order valence-corrected chi connectivity index (χ1v) is 5.63. The summed E-state index contributed by atoms with van der Waals surface area (Å²) in [7, 11) is 0. The largest absolute Gasteiger partial charge is 0.359 e. The lowest BCUT2D eigenvalue weighted by atomic mass is 10.1. The second-order valence-corrected chi connectivity index (χ2v) is 4.29. The molecule has 0 aliphatic carbocycles. The molecule has 2 rings (SSSR count). The number of hydrogen-bond donors (Lipinski definition) is 3. The van der Waals surface area contributed by atoms with Crippen LogP contribution < -0.4 is 17.0 Å². The first kappa shape index (κ1) is 12.0. The van der Waals surface area contributed by atoms with Crippen LogP contribution in [0.4, 0.5) is 0 Å². The Balaban J connectivity index is 1.94. The standard InChI is InChI=1S/C10H17N5O2/c11-7-2-1-3-15(5-7)6-8-4-9(14-17-8)10(16)13-12/h4,7H,1-3,5-6,11-12H2,(H,13,16). The molecule has 1 fully saturated rings. The summed E-state index contributed by atoms with van der Waals surface area (Å²) in [5.74, 6) is 5.21. The van der Waals surface area contributed by atoms with Gasteiger partial charge in [0.05, 0.1) is 6.54 Å². The summed E-state index contributed by atoms with van der Waals surface area (Å²) in [5.41, 5.74) is 8.09. The number of nitrogens with two attached hydrogens (primary N) is 2. The molecule has 1 aromatic rings. The fourth-order valence-electron chi connectivity index (χ4n) is 2.02. The average molecular weight is 239 g/mol. The molecule has 0 radical (unpaired) electrons. The topological polar surface area (TPSA) is 110 Å². The zero-order chi connectivity index (χ0) is 12.3. The van der Waals surface area contributed by atoms with E-state index in [2.05, 4.69) is 10.1 Å². The SMILES string of the molecule is NNC(=O)c1cc(CN2CCCC(N)C2)on1. The van der Waals surface area contributed by atoms with Gasteiger partial charge in [0.25, 0.3) is 5.91 Å². The van der Waals surface area contributed by atoms with E-state index in [1.807, 2.05) is 5.43 Å². The van der Waals surface area contributed by atoms with Gasteiger partial charge in [0.15, 0.2) is 11.5 Å². The summed E-state index contributed by atoms with van der Waals surface area (Å²) >= 11 is 0. The third-order valence-corrected chi connectivity index (χ3v) is 2.84. The van der Waals surface area contributed by atoms with Crippen molar-refractivity contribution in [3.05, 3.63) is 17.5 Å². The van der Waals surface area contributed by atoms with Gasteiger partial charge in [-0.05, 0) is 19.4 Å². The highest BCUT2D eigenvalue weighted by Crippen LogP contribution is 2.13. The molecule has 1 aliphatic rings. The number of nitrogens with one attached hydrogen (secondary N) is 1. The van der Waals surface area contributed by atoms with Crippen LogP contribution in [0.25, 0.3) is 0 Å². The van der Waals surface area contributed by atoms with E-state index < -0.39 is 5.91 Å². The van der Waals surface area contributed by atoms with E-state index in [9.17, 15) is 4.79 Å². The van der Waals surface area contributed by atoms with Gasteiger partial charge in [-0.3, -0.25) is 15.1 Å². The molecule has 7 nitrogen and oxygen atoms in total. The quantitative estimate of drug-likeness (QED) is 0.362. The Morgan fingerprint density at radius 3 is 3.24 bits per heavy atom. The molecule has 1 saturated heterocycles. The summed E-state index contributed by atoms with van der Waals surface area (Å²) in [6, 6.07) is 1.82. The summed E-state index contributed by atoms with van der Waals surface area (Å²) in [4.78, 5) is 13.4. The van der Waals surface area contributed by atoms with Gasteiger partial charge in [0, 0.05) is 18.7 Å². The number of aromatic nitrogens is 1. The minimum atomic E-state index is -0.449. The average Bonchev–Trinajstić information content (AvgIpc) is 2.76. The van der Waals surface area contributed by atoms with Gasteiger partial charge in [-0.25, -0.2) is 5.84 Å². The number of hydrazine groups is 1. The van der Waals surface area contributed by atoms with Crippen molar-refractivity contribution in [2.45, 2.75) is 25.4 Å². The van der Waals surface area contributed by atoms with Crippen molar-refractivity contribution in [2.75, 3.05) is 13.1 Å². The van der Waals surface area contributed by atoms with E-state index in [0.717, 1.165) is 25.9 Å². The van der Waals surface area contributed by atoms with Gasteiger partial charge in [0.1, 0.15) is 0 Å². The van der Waals surface area contributed by atoms with Crippen LogP contribution in [0.3, 0.4) is 0 Å². The molecule has 5 N–H and O–H groups in total. The molecular weight excluding hydrogens is 222 g/mol. The molecule has 0 aromatic carbocycles. The maximum atomic E-state index is 11.2. The number of carbonyl (C=O) groups is 1. The van der Waals surface area contributed by atoms with Crippen LogP contribution >= 0.6 is 0 Å². The lowest BCUT2D eigenvalue weighted by molar-refractivity contribution is 0.0944. The summed E-state index contributed by atoms with van der Waals surface area (Å²) in [6.45, 7) is 2.46. The van der Waals surface area contributed by atoms with Gasteiger partial charge >= 0.3 is 0 Å². The van der Waals surface area contributed by atoms with Crippen molar-refractivity contribution in [3.8, 4) is 0 Å². The van der Waals surface area contributed by atoms with Crippen LogP contribution in [0.5, 0.6) is 0 Å². The first-order valence-electron chi connectivity index (χ1n) is 5.63. The van der Waals surface area contributed by atoms with Crippen molar-refractivity contribution >= 4 is 5.91 Å². The van der Waals surface area contributed by atoms with Crippen LogP contribution in [0.2, 0.25) is 0 Å². The summed E-state index contributed by atoms with van der Waals surface area (Å²) in [6.07, 6.45) is 2.15. The highest BCUT2D eigenvalue weighted by atomic mass is 16.5. The Hall–Kier alpha value is -1.44. The highest BCUT2D eigenvalue weighted by molar-refractivity contribution is 5.91. The molecule has 0 saturated carbocycles. The first-order chi connectivity index (χ1) is 8.19. The zero-order valence-electron chi connectivity index (χ0n) is 9.56. The maximum Gasteiger partial charge on any atom is 0.287 e. The maximum absolute atomic E-state index is 11.2. The number of carbonyl (C=O) groups excluding carboxylic acids is 1. The zero-order valence-corrected chi connectivity index (χ0v) is 9.56. The normalized spacial score (nSPS) is 21.4. The Morgan fingerprint density at radius 2 is 2.53 bits per heavy atom. The molecule has 1 amide bonds. The lowest BCUT2D eigenvalue weighted by Gasteiger charge is -2.29. The van der Waals surface area contributed by atoms with Gasteiger partial charge in [0.2, 0.25) is 0 Å². The van der Waals surface area contributed by atoms with Crippen molar-refractivity contribution < 1.29 is 9.32 Å². The van der Waals surface area contributed by atoms with Crippen molar-refractivity contribution in [1.29, 1.82) is 0 Å². The number of piperidine rings is 1. The van der Waals surface area contributed by atoms with Crippen LogP contribution in [0.1, 0.15) is 29.1 Å². The van der Waals surface area contributed by atoms with Crippen molar-refractivity contribution in [2.24, 2.45) is 11.6 Å². The molecule has 1 aromatic heterocycles. The van der Waals surface area contributed by atoms with Crippen molar-refractivity contribution in [3.63, 3.8) is 0 Å². The number of rotatable bonds is 3. The molecule has 1 unspecified atom stereocenters. The second-order valence-electron chi connectivity index (χ2n) is 4.29. The fraction of sp³-hybridized carbons (Fsp3) is 0.600. The van der Waals surface area contributed by atoms with Crippen LogP contribution in [0, 0.1) is 0 Å². The monoisotopic (exact) mass is 239 g/mol. The smallest absolute Gasteiger partial charge is 0.287 e. The van der Waals surface area contributed by atoms with E-state index in [4.69, 9.17) is 16.1 Å². The molecule has 2 heterocycles. The van der Waals surface area contributed by atoms with Crippen LogP contribution in [0.15, 0.2) is 10.6 Å². The number of likely N-dealkylation sites (tertiary alicyclic amines) is 1. The predicted molar refractivity (Wildman–Crippen MR) is 60.6 cm³/mol. The van der Waals surface area contributed by atoms with Crippen LogP contribution in [-0.2, 0) is 6.54 Å². The highest BCUT2D eigenvalue weighted by Gasteiger charge is 2.19. The summed E-state index contributed by atoms with van der Waals surface area (Å²) < 4.78 is 5.08. The molecular formula is C10H17N5O2. The van der Waals surface area contributed by atoms with E-state index >= 15 is 0 Å². The number of nitrogens with zero attached hydrogens (tertiary/aromatic N) is 2. The number of amides is 1. The molecule has 1 aliphatic heterocycles. The number of hydrogen-bond acceptors (Lipinski definition) is 6. The Labute approximate surface area is 99.1 Å². The van der Waals surface area contributed by atoms with Gasteiger partial charge in [-0.2, -0.15) is 0 Å². The Bertz CT molecular complexity index is 392. The predicted octanol–water partition coefficient (Wildman–Crippen LogP) is -0.799. The van der Waals surface area contributed by atoms with E-state index in [-0.39, 0.29) is 11.7 Å². The van der Waals surface area contributed by atoms with Crippen molar-refractivity contribution in [1.82, 2.24) is 15.5 Å². The molecule has 94 valence electrons. The molecule has 1 atom stereocenters. The minimum absolute atomic E-state index is 0.198. The minimum Gasteiger partial charge on any atom is -0.359 e. The van der Waals surface area contributed by atoms with E-state index in [0.29, 0.717) is 12.3 Å². The summed E-state index contributed by atoms with van der Waals surface area (Å²) in [5, 5.41) is 3.65. The Morgan fingerprint density at radius 1 is 1.71 bits per heavy atom.